The zero-order valence-corrected chi connectivity index (χ0v) is 9.67. The second-order valence-electron chi connectivity index (χ2n) is 3.60. The predicted molar refractivity (Wildman–Crippen MR) is 64.0 cm³/mol. The van der Waals surface area contributed by atoms with Crippen molar-refractivity contribution < 1.29 is 4.92 Å². The van der Waals surface area contributed by atoms with Gasteiger partial charge in [-0.3, -0.25) is 10.1 Å². The van der Waals surface area contributed by atoms with E-state index < -0.39 is 4.92 Å². The van der Waals surface area contributed by atoms with Crippen LogP contribution in [-0.2, 0) is 12.4 Å². The van der Waals surface area contributed by atoms with Crippen molar-refractivity contribution in [3.8, 4) is 0 Å². The first-order chi connectivity index (χ1) is 8.19. The van der Waals surface area contributed by atoms with Gasteiger partial charge >= 0.3 is 0 Å². The Labute approximate surface area is 103 Å². The Hall–Kier alpha value is -1.88. The van der Waals surface area contributed by atoms with E-state index in [1.807, 2.05) is 16.8 Å². The van der Waals surface area contributed by atoms with Crippen molar-refractivity contribution in [1.29, 1.82) is 0 Å². The summed E-state index contributed by atoms with van der Waals surface area (Å²) in [5.41, 5.74) is 1.75. The average molecular weight is 252 g/mol. The highest BCUT2D eigenvalue weighted by molar-refractivity contribution is 6.16. The molecule has 0 N–H and O–H groups in total. The molecule has 0 saturated carbocycles. The maximum absolute atomic E-state index is 10.6. The molecule has 17 heavy (non-hydrogen) atoms. The largest absolute Gasteiger partial charge is 0.333 e. The van der Waals surface area contributed by atoms with Crippen LogP contribution >= 0.6 is 11.6 Å². The average Bonchev–Trinajstić information content (AvgIpc) is 2.77. The molecule has 0 aliphatic carbocycles. The van der Waals surface area contributed by atoms with E-state index in [-0.39, 0.29) is 5.69 Å². The molecular formula is C11H10ClN3O2. The van der Waals surface area contributed by atoms with Crippen LogP contribution in [0.5, 0.6) is 0 Å². The van der Waals surface area contributed by atoms with E-state index in [4.69, 9.17) is 11.6 Å². The summed E-state index contributed by atoms with van der Waals surface area (Å²) in [5.74, 6) is 0.363. The Bertz CT molecular complexity index is 539. The van der Waals surface area contributed by atoms with E-state index in [9.17, 15) is 10.1 Å². The van der Waals surface area contributed by atoms with Gasteiger partial charge in [0.15, 0.2) is 0 Å². The first-order valence-electron chi connectivity index (χ1n) is 4.99. The zero-order valence-electron chi connectivity index (χ0n) is 8.91. The van der Waals surface area contributed by atoms with Crippen molar-refractivity contribution in [2.75, 3.05) is 0 Å². The van der Waals surface area contributed by atoms with Gasteiger partial charge < -0.3 is 4.57 Å². The number of hydrogen-bond donors (Lipinski definition) is 0. The molecule has 0 saturated heterocycles. The topological polar surface area (TPSA) is 61.0 Å². The number of benzene rings is 1. The number of hydrogen-bond acceptors (Lipinski definition) is 3. The van der Waals surface area contributed by atoms with Crippen molar-refractivity contribution in [2.24, 2.45) is 0 Å². The monoisotopic (exact) mass is 251 g/mol. The smallest absolute Gasteiger partial charge is 0.269 e. The molecule has 1 aromatic carbocycles. The molecular weight excluding hydrogens is 242 g/mol. The minimum absolute atomic E-state index is 0.0974. The highest BCUT2D eigenvalue weighted by Gasteiger charge is 2.06. The molecule has 0 radical (unpaired) electrons. The minimum Gasteiger partial charge on any atom is -0.333 e. The fraction of sp³-hybridized carbons (Fsp3) is 0.182. The van der Waals surface area contributed by atoms with Gasteiger partial charge in [-0.15, -0.1) is 11.6 Å². The molecule has 1 heterocycles. The lowest BCUT2D eigenvalue weighted by Crippen LogP contribution is -1.97. The van der Waals surface area contributed by atoms with Crippen molar-refractivity contribution in [2.45, 2.75) is 12.4 Å². The van der Waals surface area contributed by atoms with E-state index in [2.05, 4.69) is 4.98 Å². The summed E-state index contributed by atoms with van der Waals surface area (Å²) in [5, 5.41) is 10.6. The fourth-order valence-electron chi connectivity index (χ4n) is 1.54. The van der Waals surface area contributed by atoms with Crippen LogP contribution in [-0.4, -0.2) is 14.5 Å². The fourth-order valence-corrected chi connectivity index (χ4v) is 1.68. The van der Waals surface area contributed by atoms with Crippen LogP contribution in [0, 0.1) is 10.1 Å². The zero-order chi connectivity index (χ0) is 12.3. The van der Waals surface area contributed by atoms with Crippen molar-refractivity contribution in [3.05, 3.63) is 58.2 Å². The number of rotatable bonds is 4. The summed E-state index contributed by atoms with van der Waals surface area (Å²) < 4.78 is 1.84. The van der Waals surface area contributed by atoms with Crippen LogP contribution in [0.1, 0.15) is 11.3 Å². The molecule has 0 bridgehead atoms. The first-order valence-corrected chi connectivity index (χ1v) is 5.52. The van der Waals surface area contributed by atoms with E-state index >= 15 is 0 Å². The quantitative estimate of drug-likeness (QED) is 0.477. The summed E-state index contributed by atoms with van der Waals surface area (Å²) in [7, 11) is 0. The van der Waals surface area contributed by atoms with Gasteiger partial charge in [-0.1, -0.05) is 12.1 Å². The molecule has 5 nitrogen and oxygen atoms in total. The maximum Gasteiger partial charge on any atom is 0.269 e. The molecule has 2 rings (SSSR count). The van der Waals surface area contributed by atoms with Gasteiger partial charge in [0.05, 0.1) is 22.8 Å². The Morgan fingerprint density at radius 2 is 2.29 bits per heavy atom. The number of halogens is 1. The molecule has 88 valence electrons. The standard InChI is InChI=1S/C11H10ClN3O2/c12-5-10-7-14(8-13-10)6-9-2-1-3-11(4-9)15(16)17/h1-4,7-8H,5-6H2. The summed E-state index contributed by atoms with van der Waals surface area (Å²) in [6, 6.07) is 6.54. The number of nitrogens with zero attached hydrogens (tertiary/aromatic N) is 3. The second kappa shape index (κ2) is 4.97. The summed E-state index contributed by atoms with van der Waals surface area (Å²) in [6.07, 6.45) is 3.49. The molecule has 0 fully saturated rings. The summed E-state index contributed by atoms with van der Waals surface area (Å²) >= 11 is 5.64. The third kappa shape index (κ3) is 2.82. The lowest BCUT2D eigenvalue weighted by atomic mass is 10.2. The third-order valence-electron chi connectivity index (χ3n) is 2.31. The van der Waals surface area contributed by atoms with Crippen molar-refractivity contribution in [3.63, 3.8) is 0 Å². The number of nitro benzene ring substituents is 1. The summed E-state index contributed by atoms with van der Waals surface area (Å²) in [4.78, 5) is 14.3. The number of aromatic nitrogens is 2. The minimum atomic E-state index is -0.401. The third-order valence-corrected chi connectivity index (χ3v) is 2.58. The normalized spacial score (nSPS) is 10.4. The summed E-state index contributed by atoms with van der Waals surface area (Å²) in [6.45, 7) is 0.547. The molecule has 1 aromatic heterocycles. The van der Waals surface area contributed by atoms with Crippen molar-refractivity contribution >= 4 is 17.3 Å². The van der Waals surface area contributed by atoms with Gasteiger partial charge in [0, 0.05) is 24.9 Å². The molecule has 0 atom stereocenters. The van der Waals surface area contributed by atoms with E-state index in [1.54, 1.807) is 18.5 Å². The van der Waals surface area contributed by atoms with Gasteiger partial charge in [-0.2, -0.15) is 0 Å². The highest BCUT2D eigenvalue weighted by atomic mass is 35.5. The molecule has 0 aliphatic rings. The van der Waals surface area contributed by atoms with Gasteiger partial charge in [-0.05, 0) is 5.56 Å². The van der Waals surface area contributed by atoms with Gasteiger partial charge in [0.25, 0.3) is 5.69 Å². The molecule has 0 spiro atoms. The van der Waals surface area contributed by atoms with Gasteiger partial charge in [0.1, 0.15) is 0 Å². The SMILES string of the molecule is O=[N+]([O-])c1cccc(Cn2cnc(CCl)c2)c1. The van der Waals surface area contributed by atoms with E-state index in [0.29, 0.717) is 12.4 Å². The Morgan fingerprint density at radius 1 is 1.47 bits per heavy atom. The van der Waals surface area contributed by atoms with Crippen molar-refractivity contribution in [1.82, 2.24) is 9.55 Å². The lowest BCUT2D eigenvalue weighted by Gasteiger charge is -2.01. The maximum atomic E-state index is 10.6. The van der Waals surface area contributed by atoms with Crippen LogP contribution in [0.25, 0.3) is 0 Å². The number of alkyl halides is 1. The Morgan fingerprint density at radius 3 is 2.94 bits per heavy atom. The van der Waals surface area contributed by atoms with Gasteiger partial charge in [-0.25, -0.2) is 4.98 Å². The number of imidazole rings is 1. The second-order valence-corrected chi connectivity index (χ2v) is 3.87. The Kier molecular flexibility index (Phi) is 3.39. The predicted octanol–water partition coefficient (Wildman–Crippen LogP) is 2.58. The van der Waals surface area contributed by atoms with Crippen LogP contribution in [0.4, 0.5) is 5.69 Å². The molecule has 0 unspecified atom stereocenters. The van der Waals surface area contributed by atoms with E-state index in [1.165, 1.54) is 6.07 Å². The molecule has 0 amide bonds. The highest BCUT2D eigenvalue weighted by Crippen LogP contribution is 2.14. The van der Waals surface area contributed by atoms with Gasteiger partial charge in [0.2, 0.25) is 0 Å². The van der Waals surface area contributed by atoms with Crippen LogP contribution < -0.4 is 0 Å². The number of nitro groups is 1. The van der Waals surface area contributed by atoms with Crippen LogP contribution in [0.2, 0.25) is 0 Å². The number of non-ortho nitro benzene ring substituents is 1. The molecule has 2 aromatic rings. The van der Waals surface area contributed by atoms with Crippen LogP contribution in [0.3, 0.4) is 0 Å². The molecule has 0 aliphatic heterocycles. The van der Waals surface area contributed by atoms with E-state index in [0.717, 1.165) is 11.3 Å². The molecule has 6 heteroatoms. The lowest BCUT2D eigenvalue weighted by molar-refractivity contribution is -0.384. The Balaban J connectivity index is 2.18. The first kappa shape index (κ1) is 11.6. The van der Waals surface area contributed by atoms with Crippen LogP contribution in [0.15, 0.2) is 36.8 Å².